The third-order valence-electron chi connectivity index (χ3n) is 2.90. The number of nitrogens with zero attached hydrogens (tertiary/aromatic N) is 2. The molecule has 1 N–H and O–H groups in total. The van der Waals surface area contributed by atoms with E-state index in [0.29, 0.717) is 12.5 Å². The molecule has 0 amide bonds. The summed E-state index contributed by atoms with van der Waals surface area (Å²) in [4.78, 5) is 8.21. The lowest BCUT2D eigenvalue weighted by Gasteiger charge is -2.08. The smallest absolute Gasteiger partial charge is 0.218 e. The summed E-state index contributed by atoms with van der Waals surface area (Å²) in [6.45, 7) is 5.52. The number of hydrogen-bond donors (Lipinski definition) is 1. The van der Waals surface area contributed by atoms with Gasteiger partial charge in [0.1, 0.15) is 12.1 Å². The Bertz CT molecular complexity index is 528. The molecule has 0 saturated heterocycles. The quantitative estimate of drug-likeness (QED) is 0.864. The number of aromatic nitrogens is 2. The Balaban J connectivity index is 1.89. The molecule has 0 aliphatic carbocycles. The van der Waals surface area contributed by atoms with Gasteiger partial charge in [-0.3, -0.25) is 0 Å². The maximum Gasteiger partial charge on any atom is 0.218 e. The molecule has 0 aliphatic rings. The van der Waals surface area contributed by atoms with Gasteiger partial charge < -0.3 is 10.1 Å². The van der Waals surface area contributed by atoms with Crippen LogP contribution in [0, 0.1) is 6.92 Å². The van der Waals surface area contributed by atoms with Gasteiger partial charge in [0.2, 0.25) is 5.88 Å². The van der Waals surface area contributed by atoms with E-state index >= 15 is 0 Å². The largest absolute Gasteiger partial charge is 0.478 e. The number of benzene rings is 1. The first kappa shape index (κ1) is 13.3. The second-order valence-corrected chi connectivity index (χ2v) is 4.28. The second-order valence-electron chi connectivity index (χ2n) is 4.28. The number of aryl methyl sites for hydroxylation is 1. The van der Waals surface area contributed by atoms with Crippen molar-refractivity contribution in [2.75, 3.05) is 18.5 Å². The summed E-state index contributed by atoms with van der Waals surface area (Å²) in [5.41, 5.74) is 2.68. The fourth-order valence-corrected chi connectivity index (χ4v) is 1.88. The van der Waals surface area contributed by atoms with E-state index in [1.807, 2.05) is 13.0 Å². The van der Waals surface area contributed by atoms with Crippen LogP contribution in [0.5, 0.6) is 5.88 Å². The maximum absolute atomic E-state index is 5.34. The van der Waals surface area contributed by atoms with Crippen molar-refractivity contribution in [2.24, 2.45) is 0 Å². The molecule has 4 nitrogen and oxygen atoms in total. The van der Waals surface area contributed by atoms with Gasteiger partial charge in [-0.2, -0.15) is 0 Å². The first-order valence-corrected chi connectivity index (χ1v) is 6.53. The van der Waals surface area contributed by atoms with E-state index in [4.69, 9.17) is 4.74 Å². The molecule has 1 heterocycles. The molecule has 1 aromatic heterocycles. The Hall–Kier alpha value is -2.10. The second kappa shape index (κ2) is 6.73. The fraction of sp³-hybridized carbons (Fsp3) is 0.333. The van der Waals surface area contributed by atoms with Gasteiger partial charge in [-0.15, -0.1) is 0 Å². The van der Waals surface area contributed by atoms with Crippen LogP contribution >= 0.6 is 0 Å². The van der Waals surface area contributed by atoms with Crippen molar-refractivity contribution in [3.8, 4) is 5.88 Å². The molecule has 4 heteroatoms. The maximum atomic E-state index is 5.34. The molecular weight excluding hydrogens is 238 g/mol. The van der Waals surface area contributed by atoms with Gasteiger partial charge in [0.25, 0.3) is 0 Å². The first-order chi connectivity index (χ1) is 9.29. The van der Waals surface area contributed by atoms with Crippen LogP contribution in [-0.2, 0) is 6.42 Å². The summed E-state index contributed by atoms with van der Waals surface area (Å²) in [7, 11) is 0. The monoisotopic (exact) mass is 257 g/mol. The highest BCUT2D eigenvalue weighted by Crippen LogP contribution is 2.12. The topological polar surface area (TPSA) is 47.0 Å². The average molecular weight is 257 g/mol. The van der Waals surface area contributed by atoms with Gasteiger partial charge in [-0.05, 0) is 31.4 Å². The van der Waals surface area contributed by atoms with Crippen molar-refractivity contribution in [2.45, 2.75) is 20.3 Å². The summed E-state index contributed by atoms with van der Waals surface area (Å²) in [5.74, 6) is 1.41. The van der Waals surface area contributed by atoms with Crippen LogP contribution in [0.25, 0.3) is 0 Å². The molecule has 0 spiro atoms. The lowest BCUT2D eigenvalue weighted by molar-refractivity contribution is 0.326. The van der Waals surface area contributed by atoms with Crippen molar-refractivity contribution >= 4 is 5.82 Å². The zero-order chi connectivity index (χ0) is 13.5. The van der Waals surface area contributed by atoms with E-state index in [1.165, 1.54) is 17.5 Å². The predicted octanol–water partition coefficient (Wildman–Crippen LogP) is 2.84. The van der Waals surface area contributed by atoms with Gasteiger partial charge in [0.05, 0.1) is 6.61 Å². The molecule has 1 aromatic carbocycles. The molecule has 0 atom stereocenters. The van der Waals surface area contributed by atoms with Gasteiger partial charge >= 0.3 is 0 Å². The molecule has 0 unspecified atom stereocenters. The average Bonchev–Trinajstić information content (AvgIpc) is 2.42. The minimum absolute atomic E-state index is 0.607. The summed E-state index contributed by atoms with van der Waals surface area (Å²) in [6, 6.07) is 10.2. The van der Waals surface area contributed by atoms with Crippen molar-refractivity contribution < 1.29 is 4.74 Å². The Morgan fingerprint density at radius 2 is 2.05 bits per heavy atom. The van der Waals surface area contributed by atoms with E-state index in [9.17, 15) is 0 Å². The Labute approximate surface area is 113 Å². The minimum Gasteiger partial charge on any atom is -0.478 e. The van der Waals surface area contributed by atoms with Crippen LogP contribution in [-0.4, -0.2) is 23.1 Å². The molecule has 100 valence electrons. The van der Waals surface area contributed by atoms with Gasteiger partial charge in [0.15, 0.2) is 0 Å². The minimum atomic E-state index is 0.607. The first-order valence-electron chi connectivity index (χ1n) is 6.53. The van der Waals surface area contributed by atoms with Crippen LogP contribution in [0.1, 0.15) is 18.1 Å². The van der Waals surface area contributed by atoms with Crippen LogP contribution in [0.4, 0.5) is 5.82 Å². The Morgan fingerprint density at radius 3 is 2.84 bits per heavy atom. The molecule has 0 aliphatic heterocycles. The van der Waals surface area contributed by atoms with Crippen molar-refractivity contribution in [3.63, 3.8) is 0 Å². The highest BCUT2D eigenvalue weighted by Gasteiger charge is 2.00. The number of ether oxygens (including phenoxy) is 1. The van der Waals surface area contributed by atoms with Gasteiger partial charge in [0, 0.05) is 12.6 Å². The molecule has 0 saturated carbocycles. The van der Waals surface area contributed by atoms with E-state index in [0.717, 1.165) is 18.8 Å². The summed E-state index contributed by atoms with van der Waals surface area (Å²) >= 11 is 0. The molecule has 0 fully saturated rings. The number of rotatable bonds is 6. The summed E-state index contributed by atoms with van der Waals surface area (Å²) in [5, 5.41) is 3.29. The summed E-state index contributed by atoms with van der Waals surface area (Å²) in [6.07, 6.45) is 2.49. The van der Waals surface area contributed by atoms with Crippen molar-refractivity contribution in [1.82, 2.24) is 9.97 Å². The van der Waals surface area contributed by atoms with Crippen LogP contribution in [0.3, 0.4) is 0 Å². The normalized spacial score (nSPS) is 10.2. The van der Waals surface area contributed by atoms with E-state index < -0.39 is 0 Å². The predicted molar refractivity (Wildman–Crippen MR) is 76.6 cm³/mol. The fourth-order valence-electron chi connectivity index (χ4n) is 1.88. The molecular formula is C15H19N3O. The summed E-state index contributed by atoms with van der Waals surface area (Å²) < 4.78 is 5.34. The highest BCUT2D eigenvalue weighted by molar-refractivity contribution is 5.37. The lowest BCUT2D eigenvalue weighted by Crippen LogP contribution is -2.07. The number of nitrogens with one attached hydrogen (secondary N) is 1. The van der Waals surface area contributed by atoms with E-state index in [-0.39, 0.29) is 0 Å². The molecule has 0 radical (unpaired) electrons. The third kappa shape index (κ3) is 3.95. The molecule has 2 rings (SSSR count). The van der Waals surface area contributed by atoms with E-state index in [1.54, 1.807) is 0 Å². The van der Waals surface area contributed by atoms with Crippen LogP contribution < -0.4 is 10.1 Å². The van der Waals surface area contributed by atoms with E-state index in [2.05, 4.69) is 46.5 Å². The SMILES string of the molecule is CCOc1cc(NCCc2ccccc2C)ncn1. The van der Waals surface area contributed by atoms with Crippen molar-refractivity contribution in [1.29, 1.82) is 0 Å². The van der Waals surface area contributed by atoms with Crippen LogP contribution in [0.15, 0.2) is 36.7 Å². The van der Waals surface area contributed by atoms with Crippen molar-refractivity contribution in [3.05, 3.63) is 47.8 Å². The highest BCUT2D eigenvalue weighted by atomic mass is 16.5. The zero-order valence-electron chi connectivity index (χ0n) is 11.4. The van der Waals surface area contributed by atoms with Gasteiger partial charge in [-0.1, -0.05) is 24.3 Å². The third-order valence-corrected chi connectivity index (χ3v) is 2.90. The van der Waals surface area contributed by atoms with Crippen LogP contribution in [0.2, 0.25) is 0 Å². The lowest BCUT2D eigenvalue weighted by atomic mass is 10.1. The zero-order valence-corrected chi connectivity index (χ0v) is 11.4. The standard InChI is InChI=1S/C15H19N3O/c1-3-19-15-10-14(17-11-18-15)16-9-8-13-7-5-4-6-12(13)2/h4-7,10-11H,3,8-9H2,1-2H3,(H,16,17,18). The number of anilines is 1. The Morgan fingerprint density at radius 1 is 1.21 bits per heavy atom. The molecule has 19 heavy (non-hydrogen) atoms. The molecule has 2 aromatic rings. The Kier molecular flexibility index (Phi) is 4.72. The molecule has 0 bridgehead atoms. The number of hydrogen-bond acceptors (Lipinski definition) is 4. The van der Waals surface area contributed by atoms with Gasteiger partial charge in [-0.25, -0.2) is 9.97 Å².